The van der Waals surface area contributed by atoms with Crippen molar-refractivity contribution < 1.29 is 0 Å². The molecular formula is C10H22N2S. The van der Waals surface area contributed by atoms with Crippen LogP contribution in [-0.4, -0.2) is 29.0 Å². The van der Waals surface area contributed by atoms with E-state index < -0.39 is 0 Å². The molecule has 0 saturated carbocycles. The maximum Gasteiger partial charge on any atom is 0.0768 e. The Balaban J connectivity index is 4.01. The third-order valence-electron chi connectivity index (χ3n) is 2.24. The lowest BCUT2D eigenvalue weighted by Gasteiger charge is -2.28. The lowest BCUT2D eigenvalue weighted by Crippen LogP contribution is -2.38. The maximum absolute atomic E-state index is 5.59. The fourth-order valence-corrected chi connectivity index (χ4v) is 1.36. The van der Waals surface area contributed by atoms with Gasteiger partial charge in [-0.25, -0.2) is 0 Å². The van der Waals surface area contributed by atoms with E-state index in [2.05, 4.69) is 32.6 Å². The van der Waals surface area contributed by atoms with E-state index in [0.29, 0.717) is 16.9 Å². The maximum atomic E-state index is 5.59. The van der Waals surface area contributed by atoms with Crippen molar-refractivity contribution in [1.29, 1.82) is 0 Å². The predicted molar refractivity (Wildman–Crippen MR) is 62.9 cm³/mol. The molecule has 0 amide bonds. The van der Waals surface area contributed by atoms with Crippen LogP contribution in [-0.2, 0) is 0 Å². The van der Waals surface area contributed by atoms with Crippen LogP contribution in [0.4, 0.5) is 0 Å². The van der Waals surface area contributed by atoms with Crippen molar-refractivity contribution in [1.82, 2.24) is 4.90 Å². The van der Waals surface area contributed by atoms with E-state index in [1.807, 2.05) is 0 Å². The number of hydrogen-bond donors (Lipinski definition) is 1. The van der Waals surface area contributed by atoms with Crippen LogP contribution < -0.4 is 5.73 Å². The van der Waals surface area contributed by atoms with Gasteiger partial charge >= 0.3 is 0 Å². The van der Waals surface area contributed by atoms with E-state index in [9.17, 15) is 0 Å². The first kappa shape index (κ1) is 12.8. The van der Waals surface area contributed by atoms with Crippen molar-refractivity contribution in [3.63, 3.8) is 0 Å². The summed E-state index contributed by atoms with van der Waals surface area (Å²) in [6.07, 6.45) is 1.18. The summed E-state index contributed by atoms with van der Waals surface area (Å²) >= 11 is 4.96. The molecule has 0 rings (SSSR count). The van der Waals surface area contributed by atoms with E-state index in [4.69, 9.17) is 18.0 Å². The average Bonchev–Trinajstić information content (AvgIpc) is 2.03. The zero-order valence-corrected chi connectivity index (χ0v) is 10.0. The largest absolute Gasteiger partial charge is 0.393 e. The van der Waals surface area contributed by atoms with Gasteiger partial charge < -0.3 is 10.6 Å². The Bertz CT molecular complexity index is 157. The van der Waals surface area contributed by atoms with Crippen LogP contribution in [0.15, 0.2) is 0 Å². The van der Waals surface area contributed by atoms with Gasteiger partial charge in [0.15, 0.2) is 0 Å². The molecule has 0 aliphatic heterocycles. The monoisotopic (exact) mass is 202 g/mol. The molecule has 0 aromatic heterocycles. The average molecular weight is 202 g/mol. The molecule has 1 atom stereocenters. The van der Waals surface area contributed by atoms with E-state index in [0.717, 1.165) is 13.1 Å². The molecule has 0 fully saturated rings. The molecule has 1 unspecified atom stereocenters. The highest BCUT2D eigenvalue weighted by molar-refractivity contribution is 7.80. The van der Waals surface area contributed by atoms with Crippen molar-refractivity contribution >= 4 is 17.2 Å². The second-order valence-corrected chi connectivity index (χ2v) is 4.36. The Hall–Kier alpha value is -0.150. The Morgan fingerprint density at radius 1 is 1.38 bits per heavy atom. The Morgan fingerprint density at radius 2 is 1.92 bits per heavy atom. The molecule has 13 heavy (non-hydrogen) atoms. The fourth-order valence-electron chi connectivity index (χ4n) is 1.29. The summed E-state index contributed by atoms with van der Waals surface area (Å²) in [7, 11) is 0. The SMILES string of the molecule is CCCN(CC(C)C(N)=S)C(C)C. The molecule has 0 aromatic rings. The lowest BCUT2D eigenvalue weighted by molar-refractivity contribution is 0.210. The molecule has 3 heteroatoms. The van der Waals surface area contributed by atoms with E-state index in [-0.39, 0.29) is 0 Å². The molecule has 2 N–H and O–H groups in total. The van der Waals surface area contributed by atoms with Gasteiger partial charge in [-0.2, -0.15) is 0 Å². The molecule has 0 heterocycles. The molecule has 0 spiro atoms. The predicted octanol–water partition coefficient (Wildman–Crippen LogP) is 2.03. The molecule has 0 radical (unpaired) electrons. The molecule has 2 nitrogen and oxygen atoms in total. The lowest BCUT2D eigenvalue weighted by atomic mass is 10.1. The molecule has 0 aromatic carbocycles. The minimum atomic E-state index is 0.323. The highest BCUT2D eigenvalue weighted by Gasteiger charge is 2.13. The van der Waals surface area contributed by atoms with E-state index >= 15 is 0 Å². The minimum absolute atomic E-state index is 0.323. The van der Waals surface area contributed by atoms with Gasteiger partial charge in [0.25, 0.3) is 0 Å². The van der Waals surface area contributed by atoms with Crippen molar-refractivity contribution in [2.75, 3.05) is 13.1 Å². The summed E-state index contributed by atoms with van der Waals surface area (Å²) in [5.74, 6) is 0.323. The zero-order chi connectivity index (χ0) is 10.4. The molecule has 0 aliphatic rings. The molecule has 0 saturated heterocycles. The fraction of sp³-hybridized carbons (Fsp3) is 0.900. The van der Waals surface area contributed by atoms with Gasteiger partial charge in [0.05, 0.1) is 4.99 Å². The van der Waals surface area contributed by atoms with Crippen LogP contribution >= 0.6 is 12.2 Å². The summed E-state index contributed by atoms with van der Waals surface area (Å²) in [6, 6.07) is 0.580. The molecule has 78 valence electrons. The standard InChI is InChI=1S/C10H22N2S/c1-5-6-12(8(2)3)7-9(4)10(11)13/h8-9H,5-7H2,1-4H3,(H2,11,13). The van der Waals surface area contributed by atoms with Gasteiger partial charge in [0.1, 0.15) is 0 Å². The second-order valence-electron chi connectivity index (χ2n) is 3.89. The molecule has 0 aliphatic carbocycles. The topological polar surface area (TPSA) is 29.3 Å². The van der Waals surface area contributed by atoms with Crippen LogP contribution in [0.3, 0.4) is 0 Å². The Kier molecular flexibility index (Phi) is 6.25. The van der Waals surface area contributed by atoms with Gasteiger partial charge in [0, 0.05) is 18.5 Å². The van der Waals surface area contributed by atoms with E-state index in [1.165, 1.54) is 6.42 Å². The third kappa shape index (κ3) is 5.21. The summed E-state index contributed by atoms with van der Waals surface area (Å²) in [5, 5.41) is 0. The molecule has 0 bridgehead atoms. The first-order chi connectivity index (χ1) is 5.99. The van der Waals surface area contributed by atoms with Gasteiger partial charge in [-0.15, -0.1) is 0 Å². The summed E-state index contributed by atoms with van der Waals surface area (Å²) in [6.45, 7) is 10.8. The molecular weight excluding hydrogens is 180 g/mol. The summed E-state index contributed by atoms with van der Waals surface area (Å²) < 4.78 is 0. The van der Waals surface area contributed by atoms with Crippen LogP contribution in [0, 0.1) is 5.92 Å². The van der Waals surface area contributed by atoms with Gasteiger partial charge in [-0.3, -0.25) is 0 Å². The van der Waals surface area contributed by atoms with Crippen LogP contribution in [0.5, 0.6) is 0 Å². The number of thiocarbonyl (C=S) groups is 1. The smallest absolute Gasteiger partial charge is 0.0768 e. The first-order valence-corrected chi connectivity index (χ1v) is 5.43. The number of nitrogens with zero attached hydrogens (tertiary/aromatic N) is 1. The Morgan fingerprint density at radius 3 is 2.23 bits per heavy atom. The number of hydrogen-bond acceptors (Lipinski definition) is 2. The number of rotatable bonds is 6. The quantitative estimate of drug-likeness (QED) is 0.668. The van der Waals surface area contributed by atoms with Crippen molar-refractivity contribution in [2.45, 2.75) is 40.2 Å². The van der Waals surface area contributed by atoms with Crippen LogP contribution in [0.2, 0.25) is 0 Å². The summed E-state index contributed by atoms with van der Waals surface area (Å²) in [4.78, 5) is 3.05. The van der Waals surface area contributed by atoms with Gasteiger partial charge in [-0.1, -0.05) is 26.1 Å². The van der Waals surface area contributed by atoms with E-state index in [1.54, 1.807) is 0 Å². The third-order valence-corrected chi connectivity index (χ3v) is 2.64. The normalized spacial score (nSPS) is 13.7. The highest BCUT2D eigenvalue weighted by Crippen LogP contribution is 2.05. The van der Waals surface area contributed by atoms with Crippen LogP contribution in [0.25, 0.3) is 0 Å². The van der Waals surface area contributed by atoms with Gasteiger partial charge in [-0.05, 0) is 26.8 Å². The minimum Gasteiger partial charge on any atom is -0.393 e. The Labute approximate surface area is 87.5 Å². The number of nitrogens with two attached hydrogens (primary N) is 1. The zero-order valence-electron chi connectivity index (χ0n) is 9.21. The summed E-state index contributed by atoms with van der Waals surface area (Å²) in [5.41, 5.74) is 5.59. The first-order valence-electron chi connectivity index (χ1n) is 5.02. The highest BCUT2D eigenvalue weighted by atomic mass is 32.1. The van der Waals surface area contributed by atoms with Crippen molar-refractivity contribution in [3.05, 3.63) is 0 Å². The van der Waals surface area contributed by atoms with Gasteiger partial charge in [0.2, 0.25) is 0 Å². The van der Waals surface area contributed by atoms with Crippen molar-refractivity contribution in [3.8, 4) is 0 Å². The second kappa shape index (κ2) is 6.33. The van der Waals surface area contributed by atoms with Crippen LogP contribution in [0.1, 0.15) is 34.1 Å². The van der Waals surface area contributed by atoms with Crippen molar-refractivity contribution in [2.24, 2.45) is 11.7 Å².